The fraction of sp³-hybridized carbons (Fsp3) is 0.778. The Morgan fingerprint density at radius 1 is 1.23 bits per heavy atom. The molecule has 0 spiro atoms. The third-order valence-corrected chi connectivity index (χ3v) is 2.74. The summed E-state index contributed by atoms with van der Waals surface area (Å²) in [5, 5.41) is -0.974. The zero-order valence-corrected chi connectivity index (χ0v) is 8.51. The second-order valence-electron chi connectivity index (χ2n) is 3.36. The van der Waals surface area contributed by atoms with Crippen molar-refractivity contribution in [2.75, 3.05) is 13.1 Å². The Morgan fingerprint density at radius 3 is 2.23 bits per heavy atom. The summed E-state index contributed by atoms with van der Waals surface area (Å²) in [6, 6.07) is 0. The molecule has 1 amide bonds. The van der Waals surface area contributed by atoms with Crippen LogP contribution in [-0.2, 0) is 9.59 Å². The van der Waals surface area contributed by atoms with Crippen LogP contribution in [0.3, 0.4) is 0 Å². The van der Waals surface area contributed by atoms with E-state index in [0.717, 1.165) is 32.4 Å². The van der Waals surface area contributed by atoms with Crippen LogP contribution in [0.4, 0.5) is 0 Å². The third kappa shape index (κ3) is 2.69. The molecule has 4 heteroatoms. The number of hydrogen-bond donors (Lipinski definition) is 0. The van der Waals surface area contributed by atoms with Gasteiger partial charge in [-0.1, -0.05) is 0 Å². The van der Waals surface area contributed by atoms with Gasteiger partial charge in [0.15, 0.2) is 11.2 Å². The Balaban J connectivity index is 2.50. The minimum absolute atomic E-state index is 0.228. The Bertz CT molecular complexity index is 212. The van der Waals surface area contributed by atoms with Gasteiger partial charge in [0.1, 0.15) is 0 Å². The van der Waals surface area contributed by atoms with Crippen molar-refractivity contribution >= 4 is 23.3 Å². The molecule has 0 N–H and O–H groups in total. The lowest BCUT2D eigenvalue weighted by Crippen LogP contribution is -2.42. The van der Waals surface area contributed by atoms with Crippen LogP contribution in [0.25, 0.3) is 0 Å². The number of nitrogens with zero attached hydrogens (tertiary/aromatic N) is 1. The maximum absolute atomic E-state index is 11.5. The molecule has 1 rings (SSSR count). The molecule has 0 aromatic rings. The topological polar surface area (TPSA) is 37.4 Å². The second kappa shape index (κ2) is 4.61. The summed E-state index contributed by atoms with van der Waals surface area (Å²) in [4.78, 5) is 24.0. The van der Waals surface area contributed by atoms with Crippen molar-refractivity contribution in [2.45, 2.75) is 31.6 Å². The maximum Gasteiger partial charge on any atom is 0.248 e. The van der Waals surface area contributed by atoms with E-state index >= 15 is 0 Å². The summed E-state index contributed by atoms with van der Waals surface area (Å²) >= 11 is 5.66. The van der Waals surface area contributed by atoms with E-state index in [2.05, 4.69) is 0 Å². The van der Waals surface area contributed by atoms with Gasteiger partial charge in [0.05, 0.1) is 0 Å². The zero-order chi connectivity index (χ0) is 9.84. The molecular weight excluding hydrogens is 190 g/mol. The minimum atomic E-state index is -0.974. The second-order valence-corrected chi connectivity index (χ2v) is 3.80. The molecule has 13 heavy (non-hydrogen) atoms. The summed E-state index contributed by atoms with van der Waals surface area (Å²) < 4.78 is 0. The molecule has 74 valence electrons. The van der Waals surface area contributed by atoms with E-state index in [4.69, 9.17) is 11.6 Å². The van der Waals surface area contributed by atoms with Gasteiger partial charge in [-0.3, -0.25) is 9.59 Å². The highest BCUT2D eigenvalue weighted by molar-refractivity contribution is 6.41. The molecule has 0 aliphatic carbocycles. The Morgan fingerprint density at radius 2 is 1.77 bits per heavy atom. The molecule has 0 radical (unpaired) electrons. The van der Waals surface area contributed by atoms with Gasteiger partial charge < -0.3 is 4.90 Å². The molecule has 3 nitrogen and oxygen atoms in total. The number of hydrogen-bond acceptors (Lipinski definition) is 2. The highest BCUT2D eigenvalue weighted by Crippen LogP contribution is 2.12. The van der Waals surface area contributed by atoms with E-state index in [0.29, 0.717) is 0 Å². The molecular formula is C9H14ClNO2. The molecule has 1 aliphatic heterocycles. The van der Waals surface area contributed by atoms with Gasteiger partial charge in [0.25, 0.3) is 0 Å². The lowest BCUT2D eigenvalue weighted by molar-refractivity contribution is -0.135. The summed E-state index contributed by atoms with van der Waals surface area (Å²) in [6.07, 6.45) is 3.21. The molecule has 1 heterocycles. The number of rotatable bonds is 2. The fourth-order valence-electron chi connectivity index (χ4n) is 1.45. The molecule has 0 saturated carbocycles. The Hall–Kier alpha value is -0.570. The predicted molar refractivity (Wildman–Crippen MR) is 50.8 cm³/mol. The van der Waals surface area contributed by atoms with Crippen LogP contribution in [0.5, 0.6) is 0 Å². The monoisotopic (exact) mass is 203 g/mol. The standard InChI is InChI=1S/C9H14ClNO2/c1-7(12)8(10)9(13)11-5-3-2-4-6-11/h8H,2-6H2,1H3/t8-/m0/s1. The summed E-state index contributed by atoms with van der Waals surface area (Å²) in [6.45, 7) is 2.84. The van der Waals surface area contributed by atoms with Gasteiger partial charge in [-0.25, -0.2) is 0 Å². The first-order valence-electron chi connectivity index (χ1n) is 4.56. The van der Waals surface area contributed by atoms with E-state index in [1.54, 1.807) is 4.90 Å². The number of Topliss-reactive ketones (excluding diaryl/α,β-unsaturated/α-hetero) is 1. The van der Waals surface area contributed by atoms with Crippen molar-refractivity contribution < 1.29 is 9.59 Å². The van der Waals surface area contributed by atoms with Crippen LogP contribution in [0, 0.1) is 0 Å². The smallest absolute Gasteiger partial charge is 0.248 e. The molecule has 1 saturated heterocycles. The first-order valence-corrected chi connectivity index (χ1v) is 5.00. The van der Waals surface area contributed by atoms with Crippen molar-refractivity contribution in [3.63, 3.8) is 0 Å². The molecule has 0 aromatic carbocycles. The number of halogens is 1. The Kier molecular flexibility index (Phi) is 3.72. The fourth-order valence-corrected chi connectivity index (χ4v) is 1.59. The van der Waals surface area contributed by atoms with E-state index < -0.39 is 5.38 Å². The predicted octanol–water partition coefficient (Wildman–Crippen LogP) is 1.20. The van der Waals surface area contributed by atoms with Gasteiger partial charge in [0.2, 0.25) is 5.91 Å². The van der Waals surface area contributed by atoms with Crippen LogP contribution < -0.4 is 0 Å². The van der Waals surface area contributed by atoms with Crippen LogP contribution in [-0.4, -0.2) is 35.1 Å². The van der Waals surface area contributed by atoms with E-state index in [1.807, 2.05) is 0 Å². The van der Waals surface area contributed by atoms with Crippen LogP contribution in [0.2, 0.25) is 0 Å². The van der Waals surface area contributed by atoms with Crippen LogP contribution in [0.15, 0.2) is 0 Å². The Labute approximate surface area is 83.0 Å². The van der Waals surface area contributed by atoms with Gasteiger partial charge in [0, 0.05) is 13.1 Å². The number of ketones is 1. The number of carbonyl (C=O) groups is 2. The average Bonchev–Trinajstić information content (AvgIpc) is 2.17. The third-order valence-electron chi connectivity index (χ3n) is 2.24. The molecule has 0 aromatic heterocycles. The van der Waals surface area contributed by atoms with Crippen LogP contribution >= 0.6 is 11.6 Å². The van der Waals surface area contributed by atoms with E-state index in [9.17, 15) is 9.59 Å². The quantitative estimate of drug-likeness (QED) is 0.500. The van der Waals surface area contributed by atoms with Crippen molar-refractivity contribution in [3.8, 4) is 0 Å². The lowest BCUT2D eigenvalue weighted by atomic mass is 10.1. The van der Waals surface area contributed by atoms with Gasteiger partial charge >= 0.3 is 0 Å². The number of piperidine rings is 1. The minimum Gasteiger partial charge on any atom is -0.341 e. The molecule has 1 atom stereocenters. The van der Waals surface area contributed by atoms with Crippen molar-refractivity contribution in [1.82, 2.24) is 4.90 Å². The number of carbonyl (C=O) groups excluding carboxylic acids is 2. The van der Waals surface area contributed by atoms with Crippen LogP contribution in [0.1, 0.15) is 26.2 Å². The molecule has 0 bridgehead atoms. The normalized spacial score (nSPS) is 19.7. The first kappa shape index (κ1) is 10.5. The van der Waals surface area contributed by atoms with Crippen molar-refractivity contribution in [2.24, 2.45) is 0 Å². The maximum atomic E-state index is 11.5. The number of likely N-dealkylation sites (tertiary alicyclic amines) is 1. The number of amides is 1. The molecule has 0 unspecified atom stereocenters. The summed E-state index contributed by atoms with van der Waals surface area (Å²) in [7, 11) is 0. The SMILES string of the molecule is CC(=O)[C@H](Cl)C(=O)N1CCCCC1. The largest absolute Gasteiger partial charge is 0.341 e. The van der Waals surface area contributed by atoms with Gasteiger partial charge in [-0.15, -0.1) is 11.6 Å². The highest BCUT2D eigenvalue weighted by atomic mass is 35.5. The lowest BCUT2D eigenvalue weighted by Gasteiger charge is -2.27. The zero-order valence-electron chi connectivity index (χ0n) is 7.75. The summed E-state index contributed by atoms with van der Waals surface area (Å²) in [5.74, 6) is -0.494. The van der Waals surface area contributed by atoms with Crippen molar-refractivity contribution in [3.05, 3.63) is 0 Å². The number of alkyl halides is 1. The van der Waals surface area contributed by atoms with Gasteiger partial charge in [-0.2, -0.15) is 0 Å². The molecule has 1 fully saturated rings. The van der Waals surface area contributed by atoms with E-state index in [1.165, 1.54) is 6.92 Å². The van der Waals surface area contributed by atoms with Gasteiger partial charge in [-0.05, 0) is 26.2 Å². The average molecular weight is 204 g/mol. The van der Waals surface area contributed by atoms with E-state index in [-0.39, 0.29) is 11.7 Å². The highest BCUT2D eigenvalue weighted by Gasteiger charge is 2.26. The first-order chi connectivity index (χ1) is 6.13. The van der Waals surface area contributed by atoms with Crippen molar-refractivity contribution in [1.29, 1.82) is 0 Å². The molecule has 1 aliphatic rings. The summed E-state index contributed by atoms with van der Waals surface area (Å²) in [5.41, 5.74) is 0.